The van der Waals surface area contributed by atoms with Crippen LogP contribution in [0, 0.1) is 16.7 Å². The number of anilines is 1. The maximum atomic E-state index is 12.9. The normalized spacial score (nSPS) is 19.6. The lowest BCUT2D eigenvalue weighted by molar-refractivity contribution is 0.0198. The van der Waals surface area contributed by atoms with Gasteiger partial charge >= 0.3 is 0 Å². The number of H-pyrrole nitrogens is 1. The molecule has 0 saturated carbocycles. The zero-order chi connectivity index (χ0) is 22.7. The second-order valence-electron chi connectivity index (χ2n) is 9.59. The average Bonchev–Trinajstić information content (AvgIpc) is 3.29. The Morgan fingerprint density at radius 3 is 2.72 bits per heavy atom. The lowest BCUT2D eigenvalue weighted by Crippen LogP contribution is -2.38. The molecule has 0 bridgehead atoms. The monoisotopic (exact) mass is 432 g/mol. The first-order valence-electron chi connectivity index (χ1n) is 11.4. The number of hydrogen-bond acceptors (Lipinski definition) is 4. The molecule has 1 aliphatic carbocycles. The van der Waals surface area contributed by atoms with Crippen LogP contribution in [-0.2, 0) is 4.74 Å². The van der Waals surface area contributed by atoms with Gasteiger partial charge in [0.1, 0.15) is 11.8 Å². The first kappa shape index (κ1) is 22.3. The third kappa shape index (κ3) is 4.95. The first-order valence-corrected chi connectivity index (χ1v) is 11.4. The molecule has 1 unspecified atom stereocenters. The number of hydrogen-bond donors (Lipinski definition) is 2. The summed E-state index contributed by atoms with van der Waals surface area (Å²) in [6.45, 7) is 10.2. The van der Waals surface area contributed by atoms with E-state index in [2.05, 4.69) is 60.2 Å². The molecular formula is C26H32N4O2. The lowest BCUT2D eigenvalue weighted by atomic mass is 9.76. The fourth-order valence-corrected chi connectivity index (χ4v) is 4.47. The summed E-state index contributed by atoms with van der Waals surface area (Å²) in [4.78, 5) is 18.2. The molecule has 6 nitrogen and oxygen atoms in total. The van der Waals surface area contributed by atoms with Gasteiger partial charge in [-0.3, -0.25) is 9.69 Å². The van der Waals surface area contributed by atoms with E-state index in [1.807, 2.05) is 6.07 Å². The molecular weight excluding hydrogens is 400 g/mol. The van der Waals surface area contributed by atoms with Crippen molar-refractivity contribution in [3.63, 3.8) is 0 Å². The number of nitrogens with one attached hydrogen (secondary N) is 2. The Morgan fingerprint density at radius 2 is 2.06 bits per heavy atom. The second kappa shape index (κ2) is 9.32. The quantitative estimate of drug-likeness (QED) is 0.687. The molecule has 1 saturated heterocycles. The van der Waals surface area contributed by atoms with Crippen LogP contribution >= 0.6 is 0 Å². The summed E-state index contributed by atoms with van der Waals surface area (Å²) in [6.07, 6.45) is 7.03. The maximum Gasteiger partial charge on any atom is 0.272 e. The highest BCUT2D eigenvalue weighted by atomic mass is 16.5. The Balaban J connectivity index is 1.64. The summed E-state index contributed by atoms with van der Waals surface area (Å²) >= 11 is 0. The molecule has 0 spiro atoms. The molecule has 1 atom stereocenters. The van der Waals surface area contributed by atoms with Gasteiger partial charge in [0, 0.05) is 36.6 Å². The van der Waals surface area contributed by atoms with E-state index in [0.717, 1.165) is 56.8 Å². The minimum Gasteiger partial charge on any atom is -0.379 e. The highest BCUT2D eigenvalue weighted by molar-refractivity contribution is 6.04. The molecule has 32 heavy (non-hydrogen) atoms. The van der Waals surface area contributed by atoms with Crippen molar-refractivity contribution in [1.82, 2.24) is 9.88 Å². The van der Waals surface area contributed by atoms with Crippen LogP contribution in [0.3, 0.4) is 0 Å². The van der Waals surface area contributed by atoms with Gasteiger partial charge in [0.2, 0.25) is 0 Å². The van der Waals surface area contributed by atoms with Crippen LogP contribution in [0.15, 0.2) is 36.5 Å². The van der Waals surface area contributed by atoms with Gasteiger partial charge in [-0.25, -0.2) is 0 Å². The van der Waals surface area contributed by atoms with Crippen LogP contribution in [0.1, 0.15) is 73.3 Å². The third-order valence-electron chi connectivity index (χ3n) is 6.74. The lowest BCUT2D eigenvalue weighted by Gasteiger charge is -2.33. The van der Waals surface area contributed by atoms with E-state index >= 15 is 0 Å². The fourth-order valence-electron chi connectivity index (χ4n) is 4.47. The molecule has 4 rings (SSSR count). The fraction of sp³-hybridized carbons (Fsp3) is 0.462. The van der Waals surface area contributed by atoms with Crippen molar-refractivity contribution in [1.29, 1.82) is 5.26 Å². The highest BCUT2D eigenvalue weighted by Crippen LogP contribution is 2.41. The average molecular weight is 433 g/mol. The van der Waals surface area contributed by atoms with Crippen molar-refractivity contribution in [3.8, 4) is 6.07 Å². The molecule has 1 fully saturated rings. The Kier molecular flexibility index (Phi) is 6.50. The van der Waals surface area contributed by atoms with Crippen molar-refractivity contribution in [3.05, 3.63) is 58.9 Å². The number of rotatable bonds is 5. The van der Waals surface area contributed by atoms with Crippen LogP contribution in [0.25, 0.3) is 5.57 Å². The largest absolute Gasteiger partial charge is 0.379 e. The number of carbonyl (C=O) groups is 1. The summed E-state index contributed by atoms with van der Waals surface area (Å²) in [7, 11) is 0. The molecule has 2 aromatic rings. The number of aromatic amines is 1. The van der Waals surface area contributed by atoms with Crippen LogP contribution in [0.5, 0.6) is 0 Å². The van der Waals surface area contributed by atoms with E-state index in [-0.39, 0.29) is 11.9 Å². The van der Waals surface area contributed by atoms with E-state index in [4.69, 9.17) is 10.00 Å². The third-order valence-corrected chi connectivity index (χ3v) is 6.74. The molecule has 1 aromatic heterocycles. The van der Waals surface area contributed by atoms with Crippen LogP contribution in [0.4, 0.5) is 5.69 Å². The van der Waals surface area contributed by atoms with Crippen molar-refractivity contribution in [2.45, 2.75) is 46.1 Å². The summed E-state index contributed by atoms with van der Waals surface area (Å²) in [5.74, 6) is -0.238. The Bertz CT molecular complexity index is 1050. The predicted octanol–water partition coefficient (Wildman–Crippen LogP) is 5.13. The van der Waals surface area contributed by atoms with Gasteiger partial charge < -0.3 is 15.0 Å². The van der Waals surface area contributed by atoms with E-state index in [0.29, 0.717) is 16.7 Å². The molecule has 168 valence electrons. The summed E-state index contributed by atoms with van der Waals surface area (Å²) < 4.78 is 5.52. The number of ether oxygens (including phenoxy) is 1. The summed E-state index contributed by atoms with van der Waals surface area (Å²) in [5.41, 5.74) is 5.59. The smallest absolute Gasteiger partial charge is 0.272 e. The van der Waals surface area contributed by atoms with Crippen LogP contribution in [0.2, 0.25) is 0 Å². The molecule has 2 aliphatic rings. The summed E-state index contributed by atoms with van der Waals surface area (Å²) in [5, 5.41) is 12.1. The number of allylic oxidation sites excluding steroid dienone is 2. The van der Waals surface area contributed by atoms with Crippen LogP contribution < -0.4 is 5.32 Å². The number of amides is 1. The Hall–Kier alpha value is -2.88. The SMILES string of the molecule is CC(c1ccc(NC(=O)c2cc(C#N)c[nH]2)c(C2=CCC(C)(C)CC2)c1)N1CCOCC1. The van der Waals surface area contributed by atoms with Gasteiger partial charge in [0.25, 0.3) is 5.91 Å². The topological polar surface area (TPSA) is 81.2 Å². The number of benzene rings is 1. The number of morpholine rings is 1. The molecule has 0 radical (unpaired) electrons. The predicted molar refractivity (Wildman–Crippen MR) is 126 cm³/mol. The zero-order valence-electron chi connectivity index (χ0n) is 19.2. The van der Waals surface area contributed by atoms with Gasteiger partial charge in [-0.15, -0.1) is 0 Å². The Morgan fingerprint density at radius 1 is 1.28 bits per heavy atom. The molecule has 1 aliphatic heterocycles. The zero-order valence-corrected chi connectivity index (χ0v) is 19.2. The Labute approximate surface area is 190 Å². The van der Waals surface area contributed by atoms with Crippen molar-refractivity contribution in [2.75, 3.05) is 31.6 Å². The van der Waals surface area contributed by atoms with Gasteiger partial charge in [0.15, 0.2) is 0 Å². The molecule has 2 heterocycles. The second-order valence-corrected chi connectivity index (χ2v) is 9.59. The van der Waals surface area contributed by atoms with Crippen LogP contribution in [-0.4, -0.2) is 42.1 Å². The minimum atomic E-state index is -0.238. The van der Waals surface area contributed by atoms with Gasteiger partial charge in [-0.05, 0) is 60.9 Å². The minimum absolute atomic E-state index is 0.238. The van der Waals surface area contributed by atoms with Crippen molar-refractivity contribution in [2.24, 2.45) is 5.41 Å². The van der Waals surface area contributed by atoms with E-state index in [1.165, 1.54) is 11.1 Å². The van der Waals surface area contributed by atoms with Crippen molar-refractivity contribution >= 4 is 17.2 Å². The maximum absolute atomic E-state index is 12.9. The number of nitriles is 1. The van der Waals surface area contributed by atoms with Gasteiger partial charge in [-0.1, -0.05) is 26.0 Å². The van der Waals surface area contributed by atoms with E-state index < -0.39 is 0 Å². The van der Waals surface area contributed by atoms with E-state index in [9.17, 15) is 4.79 Å². The number of aromatic nitrogens is 1. The van der Waals surface area contributed by atoms with Gasteiger partial charge in [-0.2, -0.15) is 5.26 Å². The number of carbonyl (C=O) groups excluding carboxylic acids is 1. The molecule has 1 amide bonds. The standard InChI is InChI=1S/C26H32N4O2/c1-18(30-10-12-32-13-11-30)21-4-5-23(29-25(31)24-14-19(16-27)17-28-24)22(15-21)20-6-8-26(2,3)9-7-20/h4-6,14-15,17-18,28H,7-13H2,1-3H3,(H,29,31). The molecule has 1 aromatic carbocycles. The first-order chi connectivity index (χ1) is 15.4. The molecule has 2 N–H and O–H groups in total. The number of nitrogens with zero attached hydrogens (tertiary/aromatic N) is 2. The highest BCUT2D eigenvalue weighted by Gasteiger charge is 2.25. The van der Waals surface area contributed by atoms with Gasteiger partial charge in [0.05, 0.1) is 18.8 Å². The van der Waals surface area contributed by atoms with Crippen molar-refractivity contribution < 1.29 is 9.53 Å². The molecule has 6 heteroatoms. The van der Waals surface area contributed by atoms with E-state index in [1.54, 1.807) is 12.3 Å². The summed E-state index contributed by atoms with van der Waals surface area (Å²) in [6, 6.07) is 10.3.